The van der Waals surface area contributed by atoms with Gasteiger partial charge in [-0.1, -0.05) is 12.1 Å². The quantitative estimate of drug-likeness (QED) is 0.291. The largest absolute Gasteiger partial charge is 0.486 e. The van der Waals surface area contributed by atoms with E-state index in [2.05, 4.69) is 5.32 Å². The molecular formula is C23H16N2O6. The first-order valence-corrected chi connectivity index (χ1v) is 9.31. The Morgan fingerprint density at radius 2 is 1.81 bits per heavy atom. The molecule has 1 aliphatic heterocycles. The number of esters is 1. The van der Waals surface area contributed by atoms with E-state index >= 15 is 0 Å². The van der Waals surface area contributed by atoms with E-state index in [1.54, 1.807) is 48.5 Å². The van der Waals surface area contributed by atoms with E-state index in [-0.39, 0.29) is 11.3 Å². The van der Waals surface area contributed by atoms with E-state index in [0.29, 0.717) is 41.7 Å². The smallest absolute Gasteiger partial charge is 0.379 e. The number of amides is 1. The summed E-state index contributed by atoms with van der Waals surface area (Å²) in [5, 5.41) is 12.1. The molecule has 0 fully saturated rings. The molecule has 0 spiro atoms. The Hall–Kier alpha value is -4.51. The second kappa shape index (κ2) is 8.88. The number of nitrogens with zero attached hydrogens (tertiary/aromatic N) is 1. The van der Waals surface area contributed by atoms with E-state index < -0.39 is 11.9 Å². The summed E-state index contributed by atoms with van der Waals surface area (Å²) in [5.41, 5.74) is 0.984. The minimum absolute atomic E-state index is 0.0878. The molecule has 1 N–H and O–H groups in total. The van der Waals surface area contributed by atoms with E-state index in [0.717, 1.165) is 0 Å². The van der Waals surface area contributed by atoms with Crippen LogP contribution in [0, 0.1) is 11.3 Å². The highest BCUT2D eigenvalue weighted by molar-refractivity contribution is 6.09. The molecule has 154 valence electrons. The first-order chi connectivity index (χ1) is 15.1. The molecule has 1 aromatic heterocycles. The summed E-state index contributed by atoms with van der Waals surface area (Å²) in [7, 11) is 0. The van der Waals surface area contributed by atoms with Gasteiger partial charge in [-0.2, -0.15) is 5.26 Å². The van der Waals surface area contributed by atoms with Crippen molar-refractivity contribution in [1.82, 2.24) is 0 Å². The molecule has 2 heterocycles. The molecule has 8 heteroatoms. The van der Waals surface area contributed by atoms with Crippen molar-refractivity contribution in [2.24, 2.45) is 0 Å². The summed E-state index contributed by atoms with van der Waals surface area (Å²) in [6.07, 6.45) is 2.81. The highest BCUT2D eigenvalue weighted by atomic mass is 16.6. The van der Waals surface area contributed by atoms with Crippen LogP contribution in [0.2, 0.25) is 0 Å². The predicted molar refractivity (Wildman–Crippen MR) is 110 cm³/mol. The van der Waals surface area contributed by atoms with Crippen LogP contribution in [-0.4, -0.2) is 25.1 Å². The number of rotatable bonds is 5. The highest BCUT2D eigenvalue weighted by Gasteiger charge is 2.15. The Kier molecular flexibility index (Phi) is 5.67. The van der Waals surface area contributed by atoms with E-state index in [1.165, 1.54) is 18.4 Å². The molecule has 1 aliphatic rings. The van der Waals surface area contributed by atoms with Crippen LogP contribution in [0.5, 0.6) is 17.2 Å². The molecule has 0 bridgehead atoms. The summed E-state index contributed by atoms with van der Waals surface area (Å²) in [4.78, 5) is 24.4. The zero-order chi connectivity index (χ0) is 21.6. The van der Waals surface area contributed by atoms with Crippen LogP contribution in [0.15, 0.2) is 70.9 Å². The Labute approximate surface area is 177 Å². The maximum Gasteiger partial charge on any atom is 0.379 e. The average molecular weight is 416 g/mol. The molecule has 0 saturated heterocycles. The van der Waals surface area contributed by atoms with Crippen molar-refractivity contribution in [1.29, 1.82) is 5.26 Å². The molecule has 0 unspecified atom stereocenters. The Balaban J connectivity index is 1.43. The lowest BCUT2D eigenvalue weighted by Gasteiger charge is -2.18. The molecule has 0 saturated carbocycles. The minimum Gasteiger partial charge on any atom is -0.486 e. The number of hydrogen-bond acceptors (Lipinski definition) is 7. The van der Waals surface area contributed by atoms with Gasteiger partial charge < -0.3 is 23.9 Å². The van der Waals surface area contributed by atoms with Gasteiger partial charge >= 0.3 is 5.97 Å². The molecule has 4 rings (SSSR count). The lowest BCUT2D eigenvalue weighted by atomic mass is 10.1. The van der Waals surface area contributed by atoms with Gasteiger partial charge in [0.1, 0.15) is 30.6 Å². The molecule has 3 aromatic rings. The molecular weight excluding hydrogens is 400 g/mol. The van der Waals surface area contributed by atoms with Crippen molar-refractivity contribution < 1.29 is 28.2 Å². The molecule has 0 radical (unpaired) electrons. The fourth-order valence-corrected chi connectivity index (χ4v) is 2.82. The van der Waals surface area contributed by atoms with Gasteiger partial charge in [-0.25, -0.2) is 4.79 Å². The minimum atomic E-state index is -0.621. The van der Waals surface area contributed by atoms with Crippen LogP contribution in [0.4, 0.5) is 5.69 Å². The van der Waals surface area contributed by atoms with E-state index in [4.69, 9.17) is 18.6 Å². The number of nitrogens with one attached hydrogen (secondary N) is 1. The van der Waals surface area contributed by atoms with Crippen molar-refractivity contribution in [3.8, 4) is 23.3 Å². The van der Waals surface area contributed by atoms with Gasteiger partial charge in [-0.15, -0.1) is 0 Å². The zero-order valence-electron chi connectivity index (χ0n) is 16.2. The van der Waals surface area contributed by atoms with E-state index in [1.807, 2.05) is 6.07 Å². The monoisotopic (exact) mass is 416 g/mol. The second-order valence-corrected chi connectivity index (χ2v) is 6.42. The SMILES string of the molecule is N#C/C(=C\c1ccc(OC(=O)c2ccco2)cc1)C(=O)Nc1ccc2c(c1)OCCO2. The molecule has 31 heavy (non-hydrogen) atoms. The zero-order valence-corrected chi connectivity index (χ0v) is 16.2. The lowest BCUT2D eigenvalue weighted by molar-refractivity contribution is -0.112. The van der Waals surface area contributed by atoms with Gasteiger partial charge in [0.15, 0.2) is 11.5 Å². The fourth-order valence-electron chi connectivity index (χ4n) is 2.82. The van der Waals surface area contributed by atoms with Gasteiger partial charge in [0.2, 0.25) is 5.76 Å². The van der Waals surface area contributed by atoms with Crippen molar-refractivity contribution in [2.75, 3.05) is 18.5 Å². The Morgan fingerprint density at radius 1 is 1.03 bits per heavy atom. The van der Waals surface area contributed by atoms with Gasteiger partial charge in [0, 0.05) is 11.8 Å². The van der Waals surface area contributed by atoms with Gasteiger partial charge in [-0.05, 0) is 48.0 Å². The van der Waals surface area contributed by atoms with Crippen molar-refractivity contribution in [2.45, 2.75) is 0 Å². The number of carbonyl (C=O) groups excluding carboxylic acids is 2. The van der Waals surface area contributed by atoms with Crippen molar-refractivity contribution in [3.63, 3.8) is 0 Å². The third-order valence-corrected chi connectivity index (χ3v) is 4.29. The number of benzene rings is 2. The first-order valence-electron chi connectivity index (χ1n) is 9.31. The van der Waals surface area contributed by atoms with E-state index in [9.17, 15) is 14.9 Å². The maximum atomic E-state index is 12.5. The van der Waals surface area contributed by atoms with Crippen LogP contribution in [0.1, 0.15) is 16.1 Å². The van der Waals surface area contributed by atoms with Crippen molar-refractivity contribution in [3.05, 3.63) is 77.8 Å². The molecule has 8 nitrogen and oxygen atoms in total. The molecule has 2 aromatic carbocycles. The number of nitriles is 1. The summed E-state index contributed by atoms with van der Waals surface area (Å²) in [6.45, 7) is 0.904. The summed E-state index contributed by atoms with van der Waals surface area (Å²) >= 11 is 0. The summed E-state index contributed by atoms with van der Waals surface area (Å²) < 4.78 is 21.1. The topological polar surface area (TPSA) is 111 Å². The lowest BCUT2D eigenvalue weighted by Crippen LogP contribution is -2.17. The molecule has 0 atom stereocenters. The van der Waals surface area contributed by atoms with Gasteiger partial charge in [-0.3, -0.25) is 4.79 Å². The second-order valence-electron chi connectivity index (χ2n) is 6.42. The standard InChI is InChI=1S/C23H16N2O6/c24-14-16(22(26)25-17-5-8-19-21(13-17)30-11-10-29-19)12-15-3-6-18(7-4-15)31-23(27)20-2-1-9-28-20/h1-9,12-13H,10-11H2,(H,25,26)/b16-12+. The van der Waals surface area contributed by atoms with Crippen molar-refractivity contribution >= 4 is 23.6 Å². The number of ether oxygens (including phenoxy) is 3. The van der Waals surface area contributed by atoms with Gasteiger partial charge in [0.25, 0.3) is 5.91 Å². The third-order valence-electron chi connectivity index (χ3n) is 4.29. The Bertz CT molecular complexity index is 1170. The first kappa shape index (κ1) is 19.8. The summed E-state index contributed by atoms with van der Waals surface area (Å²) in [5.74, 6) is 0.348. The Morgan fingerprint density at radius 3 is 2.52 bits per heavy atom. The molecule has 1 amide bonds. The normalized spacial score (nSPS) is 12.5. The number of carbonyl (C=O) groups is 2. The third kappa shape index (κ3) is 4.74. The number of fused-ring (bicyclic) bond motifs is 1. The molecule has 0 aliphatic carbocycles. The van der Waals surface area contributed by atoms with Crippen LogP contribution in [-0.2, 0) is 4.79 Å². The van der Waals surface area contributed by atoms with Gasteiger partial charge in [0.05, 0.1) is 6.26 Å². The highest BCUT2D eigenvalue weighted by Crippen LogP contribution is 2.32. The maximum absolute atomic E-state index is 12.5. The van der Waals surface area contributed by atoms with Crippen LogP contribution < -0.4 is 19.5 Å². The van der Waals surface area contributed by atoms with Crippen LogP contribution in [0.25, 0.3) is 6.08 Å². The number of hydrogen-bond donors (Lipinski definition) is 1. The number of furan rings is 1. The number of anilines is 1. The van der Waals surface area contributed by atoms with Crippen LogP contribution in [0.3, 0.4) is 0 Å². The predicted octanol–water partition coefficient (Wildman–Crippen LogP) is 3.82. The fraction of sp³-hybridized carbons (Fsp3) is 0.0870. The summed E-state index contributed by atoms with van der Waals surface area (Å²) in [6, 6.07) is 16.3. The average Bonchev–Trinajstić information content (AvgIpc) is 3.33. The van der Waals surface area contributed by atoms with Crippen LogP contribution >= 0.6 is 0 Å².